The molecule has 2 nitrogen and oxygen atoms in total. The van der Waals surface area contributed by atoms with Crippen LogP contribution in [0.25, 0.3) is 0 Å². The number of thioether (sulfide) groups is 1. The average molecular weight is 253 g/mol. The van der Waals surface area contributed by atoms with Gasteiger partial charge in [-0.25, -0.2) is 0 Å². The minimum absolute atomic E-state index is 0.588. The Balaban J connectivity index is 2.47. The second-order valence-electron chi connectivity index (χ2n) is 4.02. The third-order valence-corrected chi connectivity index (χ3v) is 3.90. The first-order valence-electron chi connectivity index (χ1n) is 6.31. The molecule has 0 fully saturated rings. The predicted molar refractivity (Wildman–Crippen MR) is 76.1 cm³/mol. The van der Waals surface area contributed by atoms with E-state index >= 15 is 0 Å². The summed E-state index contributed by atoms with van der Waals surface area (Å²) < 4.78 is 5.35. The summed E-state index contributed by atoms with van der Waals surface area (Å²) in [6.07, 6.45) is 2.36. The van der Waals surface area contributed by atoms with Crippen LogP contribution in [0.5, 0.6) is 5.75 Å². The first-order valence-corrected chi connectivity index (χ1v) is 7.29. The van der Waals surface area contributed by atoms with Gasteiger partial charge in [0.25, 0.3) is 0 Å². The molecular weight excluding hydrogens is 230 g/mol. The van der Waals surface area contributed by atoms with Crippen molar-refractivity contribution < 1.29 is 4.74 Å². The summed E-state index contributed by atoms with van der Waals surface area (Å²) in [5, 5.41) is 3.57. The van der Waals surface area contributed by atoms with Crippen molar-refractivity contribution in [1.82, 2.24) is 5.32 Å². The Morgan fingerprint density at radius 2 is 2.06 bits per heavy atom. The van der Waals surface area contributed by atoms with E-state index in [2.05, 4.69) is 31.3 Å². The van der Waals surface area contributed by atoms with Gasteiger partial charge in [-0.2, -0.15) is 0 Å². The monoisotopic (exact) mass is 253 g/mol. The fourth-order valence-corrected chi connectivity index (χ4v) is 2.80. The molecule has 0 saturated heterocycles. The summed E-state index contributed by atoms with van der Waals surface area (Å²) in [7, 11) is 1.73. The molecule has 1 aromatic rings. The van der Waals surface area contributed by atoms with Gasteiger partial charge in [0.1, 0.15) is 5.75 Å². The lowest BCUT2D eigenvalue weighted by Crippen LogP contribution is -2.31. The molecule has 0 radical (unpaired) electrons. The molecule has 96 valence electrons. The molecule has 0 bridgehead atoms. The second kappa shape index (κ2) is 8.43. The Morgan fingerprint density at radius 1 is 1.29 bits per heavy atom. The van der Waals surface area contributed by atoms with Gasteiger partial charge in [0.2, 0.25) is 0 Å². The third kappa shape index (κ3) is 5.00. The van der Waals surface area contributed by atoms with E-state index in [9.17, 15) is 0 Å². The van der Waals surface area contributed by atoms with Crippen LogP contribution < -0.4 is 10.1 Å². The van der Waals surface area contributed by atoms with E-state index in [0.717, 1.165) is 18.0 Å². The Hall–Kier alpha value is -0.670. The number of ether oxygens (including phenoxy) is 1. The van der Waals surface area contributed by atoms with Gasteiger partial charge in [-0.15, -0.1) is 11.8 Å². The molecule has 1 N–H and O–H groups in total. The first-order chi connectivity index (χ1) is 8.31. The van der Waals surface area contributed by atoms with Crippen LogP contribution >= 0.6 is 11.8 Å². The van der Waals surface area contributed by atoms with Gasteiger partial charge in [-0.1, -0.05) is 26.0 Å². The zero-order valence-electron chi connectivity index (χ0n) is 11.0. The maximum absolute atomic E-state index is 5.35. The minimum atomic E-state index is 0.588. The summed E-state index contributed by atoms with van der Waals surface area (Å²) in [6, 6.07) is 8.80. The normalized spacial score (nSPS) is 12.4. The third-order valence-electron chi connectivity index (χ3n) is 2.68. The Morgan fingerprint density at radius 3 is 2.71 bits per heavy atom. The van der Waals surface area contributed by atoms with Crippen LogP contribution in [0.3, 0.4) is 0 Å². The van der Waals surface area contributed by atoms with E-state index in [0.29, 0.717) is 6.04 Å². The fraction of sp³-hybridized carbons (Fsp3) is 0.571. The number of rotatable bonds is 8. The van der Waals surface area contributed by atoms with E-state index in [1.807, 2.05) is 23.9 Å². The topological polar surface area (TPSA) is 21.3 Å². The highest BCUT2D eigenvalue weighted by atomic mass is 32.2. The number of hydrogen-bond acceptors (Lipinski definition) is 3. The van der Waals surface area contributed by atoms with Gasteiger partial charge in [0, 0.05) is 16.7 Å². The zero-order valence-corrected chi connectivity index (χ0v) is 11.8. The number of benzene rings is 1. The minimum Gasteiger partial charge on any atom is -0.496 e. The van der Waals surface area contributed by atoms with Crippen LogP contribution in [0.15, 0.2) is 29.2 Å². The highest BCUT2D eigenvalue weighted by Gasteiger charge is 2.08. The van der Waals surface area contributed by atoms with Crippen LogP contribution in [-0.4, -0.2) is 25.4 Å². The summed E-state index contributed by atoms with van der Waals surface area (Å²) in [5.74, 6) is 2.07. The first kappa shape index (κ1) is 14.4. The van der Waals surface area contributed by atoms with Crippen LogP contribution in [0.2, 0.25) is 0 Å². The van der Waals surface area contributed by atoms with Crippen molar-refractivity contribution in [2.75, 3.05) is 19.4 Å². The predicted octanol–water partition coefficient (Wildman–Crippen LogP) is 3.57. The molecule has 1 unspecified atom stereocenters. The van der Waals surface area contributed by atoms with Crippen LogP contribution in [0.1, 0.15) is 26.7 Å². The van der Waals surface area contributed by atoms with E-state index in [-0.39, 0.29) is 0 Å². The number of para-hydroxylation sites is 1. The number of methoxy groups -OCH3 is 1. The molecule has 0 aliphatic heterocycles. The molecule has 1 rings (SSSR count). The summed E-state index contributed by atoms with van der Waals surface area (Å²) >= 11 is 1.87. The molecule has 3 heteroatoms. The fourth-order valence-electron chi connectivity index (χ4n) is 1.60. The molecule has 0 aliphatic carbocycles. The van der Waals surface area contributed by atoms with E-state index in [1.165, 1.54) is 17.7 Å². The molecule has 17 heavy (non-hydrogen) atoms. The standard InChI is InChI=1S/C14H23NOS/c1-4-10-15-12(5-2)11-17-14-9-7-6-8-13(14)16-3/h6-9,12,15H,4-5,10-11H2,1-3H3. The highest BCUT2D eigenvalue weighted by molar-refractivity contribution is 7.99. The van der Waals surface area contributed by atoms with Crippen molar-refractivity contribution >= 4 is 11.8 Å². The van der Waals surface area contributed by atoms with Crippen molar-refractivity contribution in [3.05, 3.63) is 24.3 Å². The second-order valence-corrected chi connectivity index (χ2v) is 5.08. The number of hydrogen-bond donors (Lipinski definition) is 1. The smallest absolute Gasteiger partial charge is 0.132 e. The maximum atomic E-state index is 5.35. The van der Waals surface area contributed by atoms with Gasteiger partial charge in [-0.3, -0.25) is 0 Å². The largest absolute Gasteiger partial charge is 0.496 e. The highest BCUT2D eigenvalue weighted by Crippen LogP contribution is 2.29. The van der Waals surface area contributed by atoms with Gasteiger partial charge >= 0.3 is 0 Å². The van der Waals surface area contributed by atoms with E-state index in [1.54, 1.807) is 7.11 Å². The van der Waals surface area contributed by atoms with Gasteiger partial charge in [0.05, 0.1) is 7.11 Å². The SMILES string of the molecule is CCCNC(CC)CSc1ccccc1OC. The Kier molecular flexibility index (Phi) is 7.13. The summed E-state index contributed by atoms with van der Waals surface area (Å²) in [6.45, 7) is 5.54. The van der Waals surface area contributed by atoms with Gasteiger partial charge in [0.15, 0.2) is 0 Å². The lowest BCUT2D eigenvalue weighted by atomic mass is 10.2. The lowest BCUT2D eigenvalue weighted by molar-refractivity contribution is 0.404. The molecule has 0 heterocycles. The number of nitrogens with one attached hydrogen (secondary N) is 1. The van der Waals surface area contributed by atoms with Crippen molar-refractivity contribution in [3.63, 3.8) is 0 Å². The molecule has 1 aromatic carbocycles. The zero-order chi connectivity index (χ0) is 12.5. The molecule has 0 aliphatic rings. The molecule has 0 amide bonds. The molecule has 0 saturated carbocycles. The summed E-state index contributed by atoms with van der Waals surface area (Å²) in [4.78, 5) is 1.23. The van der Waals surface area contributed by atoms with Gasteiger partial charge in [-0.05, 0) is 31.5 Å². The van der Waals surface area contributed by atoms with Crippen molar-refractivity contribution in [2.45, 2.75) is 37.6 Å². The van der Waals surface area contributed by atoms with Crippen LogP contribution in [0, 0.1) is 0 Å². The Bertz CT molecular complexity index is 317. The van der Waals surface area contributed by atoms with Crippen molar-refractivity contribution in [1.29, 1.82) is 0 Å². The summed E-state index contributed by atoms with van der Waals surface area (Å²) in [5.41, 5.74) is 0. The van der Waals surface area contributed by atoms with Crippen LogP contribution in [-0.2, 0) is 0 Å². The van der Waals surface area contributed by atoms with Gasteiger partial charge < -0.3 is 10.1 Å². The van der Waals surface area contributed by atoms with Crippen molar-refractivity contribution in [3.8, 4) is 5.75 Å². The van der Waals surface area contributed by atoms with E-state index < -0.39 is 0 Å². The molecule has 0 spiro atoms. The molecule has 0 aromatic heterocycles. The van der Waals surface area contributed by atoms with Crippen molar-refractivity contribution in [2.24, 2.45) is 0 Å². The molecular formula is C14H23NOS. The van der Waals surface area contributed by atoms with Crippen LogP contribution in [0.4, 0.5) is 0 Å². The van der Waals surface area contributed by atoms with E-state index in [4.69, 9.17) is 4.74 Å². The molecule has 1 atom stereocenters. The maximum Gasteiger partial charge on any atom is 0.132 e. The quantitative estimate of drug-likeness (QED) is 0.716. The average Bonchev–Trinajstić information content (AvgIpc) is 2.39. The Labute approximate surface area is 109 Å². The lowest BCUT2D eigenvalue weighted by Gasteiger charge is -2.16.